The summed E-state index contributed by atoms with van der Waals surface area (Å²) in [6.45, 7) is 15.9. The van der Waals surface area contributed by atoms with E-state index in [1.807, 2.05) is 0 Å². The quantitative estimate of drug-likeness (QED) is 0.0909. The number of hydrogen-bond acceptors (Lipinski definition) is 6. The van der Waals surface area contributed by atoms with Crippen molar-refractivity contribution in [3.63, 3.8) is 0 Å². The third kappa shape index (κ3) is 8.55. The molecule has 1 heterocycles. The number of esters is 1. The standard InChI is InChI=1S/C27H44O6SSi/c1-21(20-32-35(6,7)27(2,3)4)25-23(33-25)18-14-9-8-10-15-19-24(26(28)31-5)34(29,30)22-16-12-11-13-17-22/h11-13,16-17,23-25H,1,8-10,14-15,18-20H2,2-7H3. The molecule has 198 valence electrons. The predicted molar refractivity (Wildman–Crippen MR) is 143 cm³/mol. The van der Waals surface area contributed by atoms with Gasteiger partial charge in [0, 0.05) is 0 Å². The Morgan fingerprint density at radius 1 is 1.09 bits per heavy atom. The number of methoxy groups -OCH3 is 1. The topological polar surface area (TPSA) is 82.2 Å². The SMILES string of the molecule is C=C(CO[Si](C)(C)C(C)(C)C)C1OC1CCCCCCCC(C(=O)OC)S(=O)(=O)c1ccccc1. The van der Waals surface area contributed by atoms with Crippen molar-refractivity contribution in [1.82, 2.24) is 0 Å². The van der Waals surface area contributed by atoms with E-state index in [0.29, 0.717) is 13.0 Å². The monoisotopic (exact) mass is 524 g/mol. The fourth-order valence-corrected chi connectivity index (χ4v) is 6.48. The Morgan fingerprint density at radius 2 is 1.69 bits per heavy atom. The molecule has 2 rings (SSSR count). The minimum atomic E-state index is -3.76. The van der Waals surface area contributed by atoms with Crippen molar-refractivity contribution >= 4 is 24.1 Å². The van der Waals surface area contributed by atoms with Crippen LogP contribution in [0, 0.1) is 0 Å². The number of carbonyl (C=O) groups is 1. The van der Waals surface area contributed by atoms with E-state index in [2.05, 4.69) is 40.4 Å². The van der Waals surface area contributed by atoms with Crippen LogP contribution in [0.15, 0.2) is 47.4 Å². The number of benzene rings is 1. The third-order valence-corrected chi connectivity index (χ3v) is 13.9. The Labute approximate surface area is 213 Å². The minimum absolute atomic E-state index is 0.115. The van der Waals surface area contributed by atoms with Crippen LogP contribution in [0.4, 0.5) is 0 Å². The second-order valence-electron chi connectivity index (χ2n) is 11.0. The van der Waals surface area contributed by atoms with Gasteiger partial charge < -0.3 is 13.9 Å². The van der Waals surface area contributed by atoms with Crippen LogP contribution in [-0.2, 0) is 28.5 Å². The van der Waals surface area contributed by atoms with Crippen molar-refractivity contribution < 1.29 is 27.1 Å². The first-order chi connectivity index (χ1) is 16.3. The highest BCUT2D eigenvalue weighted by Gasteiger charge is 2.42. The normalized spacial score (nSPS) is 19.3. The summed E-state index contributed by atoms with van der Waals surface area (Å²) in [5, 5.41) is -0.977. The molecule has 1 aliphatic rings. The number of epoxide rings is 1. The van der Waals surface area contributed by atoms with Crippen LogP contribution in [-0.4, -0.2) is 53.9 Å². The van der Waals surface area contributed by atoms with E-state index in [1.54, 1.807) is 18.2 Å². The summed E-state index contributed by atoms with van der Waals surface area (Å²) in [4.78, 5) is 12.3. The van der Waals surface area contributed by atoms with E-state index in [1.165, 1.54) is 19.2 Å². The van der Waals surface area contributed by atoms with Gasteiger partial charge in [0.15, 0.2) is 23.4 Å². The van der Waals surface area contributed by atoms with Gasteiger partial charge in [-0.15, -0.1) is 0 Å². The first-order valence-electron chi connectivity index (χ1n) is 12.6. The van der Waals surface area contributed by atoms with Crippen LogP contribution in [0.25, 0.3) is 0 Å². The lowest BCUT2D eigenvalue weighted by molar-refractivity contribution is -0.140. The van der Waals surface area contributed by atoms with Crippen LogP contribution >= 0.6 is 0 Å². The average Bonchev–Trinajstić information content (AvgIpc) is 3.58. The number of sulfone groups is 1. The molecule has 0 N–H and O–H groups in total. The van der Waals surface area contributed by atoms with Gasteiger partial charge in [0.2, 0.25) is 0 Å². The Balaban J connectivity index is 1.65. The van der Waals surface area contributed by atoms with Gasteiger partial charge in [0.05, 0.1) is 24.7 Å². The number of unbranched alkanes of at least 4 members (excludes halogenated alkanes) is 4. The van der Waals surface area contributed by atoms with Crippen molar-refractivity contribution in [1.29, 1.82) is 0 Å². The van der Waals surface area contributed by atoms with Gasteiger partial charge in [0.25, 0.3) is 0 Å². The summed E-state index contributed by atoms with van der Waals surface area (Å²) in [5.74, 6) is -0.691. The highest BCUT2D eigenvalue weighted by atomic mass is 32.2. The van der Waals surface area contributed by atoms with E-state index in [4.69, 9.17) is 13.9 Å². The summed E-state index contributed by atoms with van der Waals surface area (Å²) in [6, 6.07) is 8.11. The van der Waals surface area contributed by atoms with Crippen LogP contribution in [0.3, 0.4) is 0 Å². The van der Waals surface area contributed by atoms with Gasteiger partial charge in [-0.2, -0.15) is 0 Å². The molecule has 0 aromatic heterocycles. The molecule has 0 saturated carbocycles. The predicted octanol–water partition coefficient (Wildman–Crippen LogP) is 6.08. The molecule has 1 aliphatic heterocycles. The van der Waals surface area contributed by atoms with Crippen molar-refractivity contribution in [2.75, 3.05) is 13.7 Å². The van der Waals surface area contributed by atoms with Crippen molar-refractivity contribution in [2.45, 2.75) is 106 Å². The summed E-state index contributed by atoms with van der Waals surface area (Å²) >= 11 is 0. The van der Waals surface area contributed by atoms with E-state index in [-0.39, 0.29) is 28.6 Å². The Morgan fingerprint density at radius 3 is 2.29 bits per heavy atom. The average molecular weight is 525 g/mol. The third-order valence-electron chi connectivity index (χ3n) is 7.27. The molecule has 3 unspecified atom stereocenters. The first-order valence-corrected chi connectivity index (χ1v) is 17.1. The molecule has 1 saturated heterocycles. The lowest BCUT2D eigenvalue weighted by atomic mass is 10.0. The lowest BCUT2D eigenvalue weighted by Crippen LogP contribution is -2.41. The van der Waals surface area contributed by atoms with E-state index >= 15 is 0 Å². The number of ether oxygens (including phenoxy) is 2. The Bertz CT molecular complexity index is 936. The van der Waals surface area contributed by atoms with Crippen molar-refractivity contribution in [3.05, 3.63) is 42.5 Å². The zero-order chi connectivity index (χ0) is 26.3. The zero-order valence-electron chi connectivity index (χ0n) is 22.3. The summed E-state index contributed by atoms with van der Waals surface area (Å²) < 4.78 is 42.6. The fraction of sp³-hybridized carbons (Fsp3) is 0.667. The first kappa shape index (κ1) is 29.7. The molecule has 3 atom stereocenters. The maximum absolute atomic E-state index is 12.9. The summed E-state index contributed by atoms with van der Waals surface area (Å²) in [7, 11) is -4.31. The largest absolute Gasteiger partial charge is 0.468 e. The van der Waals surface area contributed by atoms with Gasteiger partial charge >= 0.3 is 5.97 Å². The molecule has 0 spiro atoms. The Kier molecular flexibility index (Phi) is 10.8. The fourth-order valence-electron chi connectivity index (χ4n) is 3.80. The van der Waals surface area contributed by atoms with Crippen LogP contribution in [0.2, 0.25) is 18.1 Å². The Hall–Kier alpha value is -1.48. The van der Waals surface area contributed by atoms with Gasteiger partial charge in [-0.05, 0) is 48.7 Å². The molecule has 1 aromatic rings. The number of rotatable bonds is 15. The maximum Gasteiger partial charge on any atom is 0.324 e. The minimum Gasteiger partial charge on any atom is -0.468 e. The molecule has 0 radical (unpaired) electrons. The van der Waals surface area contributed by atoms with E-state index < -0.39 is 29.4 Å². The number of hydrogen-bond donors (Lipinski definition) is 0. The lowest BCUT2D eigenvalue weighted by Gasteiger charge is -2.36. The smallest absolute Gasteiger partial charge is 0.324 e. The highest BCUT2D eigenvalue weighted by Crippen LogP contribution is 2.38. The molecule has 8 heteroatoms. The van der Waals surface area contributed by atoms with Crippen LogP contribution in [0.1, 0.15) is 65.7 Å². The van der Waals surface area contributed by atoms with Gasteiger partial charge in [0.1, 0.15) is 6.10 Å². The van der Waals surface area contributed by atoms with E-state index in [9.17, 15) is 13.2 Å². The molecule has 0 amide bonds. The molecule has 35 heavy (non-hydrogen) atoms. The van der Waals surface area contributed by atoms with E-state index in [0.717, 1.165) is 37.7 Å². The van der Waals surface area contributed by atoms with Gasteiger partial charge in [-0.1, -0.05) is 77.7 Å². The molecule has 0 aliphatic carbocycles. The zero-order valence-corrected chi connectivity index (χ0v) is 24.2. The van der Waals surface area contributed by atoms with Crippen molar-refractivity contribution in [3.8, 4) is 0 Å². The van der Waals surface area contributed by atoms with Crippen molar-refractivity contribution in [2.24, 2.45) is 0 Å². The molecule has 1 aromatic carbocycles. The molecule has 1 fully saturated rings. The van der Waals surface area contributed by atoms with Crippen LogP contribution < -0.4 is 0 Å². The second-order valence-corrected chi connectivity index (χ2v) is 18.0. The summed E-state index contributed by atoms with van der Waals surface area (Å²) in [5.41, 5.74) is 1.04. The van der Waals surface area contributed by atoms with Gasteiger partial charge in [-0.3, -0.25) is 4.79 Å². The molecular weight excluding hydrogens is 480 g/mol. The number of carbonyl (C=O) groups excluding carboxylic acids is 1. The molecule has 0 bridgehead atoms. The summed E-state index contributed by atoms with van der Waals surface area (Å²) in [6.07, 6.45) is 6.26. The van der Waals surface area contributed by atoms with Gasteiger partial charge in [-0.25, -0.2) is 8.42 Å². The van der Waals surface area contributed by atoms with Crippen LogP contribution in [0.5, 0.6) is 0 Å². The second kappa shape index (κ2) is 12.7. The molecular formula is C27H44O6SSi. The highest BCUT2D eigenvalue weighted by molar-refractivity contribution is 7.92. The maximum atomic E-state index is 12.9. The molecule has 6 nitrogen and oxygen atoms in total.